The summed E-state index contributed by atoms with van der Waals surface area (Å²) >= 11 is 0. The number of nitrogens with one attached hydrogen (secondary N) is 1. The van der Waals surface area contributed by atoms with E-state index in [-0.39, 0.29) is 5.91 Å². The van der Waals surface area contributed by atoms with Crippen molar-refractivity contribution in [3.63, 3.8) is 0 Å². The van der Waals surface area contributed by atoms with Gasteiger partial charge in [0, 0.05) is 41.6 Å². The van der Waals surface area contributed by atoms with E-state index < -0.39 is 0 Å². The molecule has 3 aromatic rings. The Kier molecular flexibility index (Phi) is 5.94. The first-order valence-electron chi connectivity index (χ1n) is 10.5. The molecule has 4 nitrogen and oxygen atoms in total. The van der Waals surface area contributed by atoms with Gasteiger partial charge in [0.05, 0.1) is 0 Å². The van der Waals surface area contributed by atoms with Gasteiger partial charge in [-0.3, -0.25) is 9.78 Å². The molecular formula is C26H27N3O. The van der Waals surface area contributed by atoms with E-state index >= 15 is 0 Å². The quantitative estimate of drug-likeness (QED) is 0.610. The number of carbonyl (C=O) groups excluding carboxylic acids is 1. The number of benzene rings is 2. The largest absolute Gasteiger partial charge is 0.341 e. The van der Waals surface area contributed by atoms with Crippen LogP contribution in [-0.4, -0.2) is 17.4 Å². The Bertz CT molecular complexity index is 1060. The predicted octanol–water partition coefficient (Wildman–Crippen LogP) is 5.35. The summed E-state index contributed by atoms with van der Waals surface area (Å²) in [5.41, 5.74) is 7.45. The minimum Gasteiger partial charge on any atom is -0.341 e. The van der Waals surface area contributed by atoms with E-state index in [1.54, 1.807) is 18.5 Å². The fourth-order valence-electron chi connectivity index (χ4n) is 4.00. The first kappa shape index (κ1) is 19.9. The van der Waals surface area contributed by atoms with Gasteiger partial charge in [-0.15, -0.1) is 0 Å². The zero-order valence-electron chi connectivity index (χ0n) is 17.4. The average molecular weight is 398 g/mol. The maximum Gasteiger partial charge on any atom is 0.255 e. The molecule has 0 aliphatic carbocycles. The Balaban J connectivity index is 1.39. The topological polar surface area (TPSA) is 45.2 Å². The van der Waals surface area contributed by atoms with Crippen molar-refractivity contribution in [2.24, 2.45) is 0 Å². The van der Waals surface area contributed by atoms with E-state index in [2.05, 4.69) is 70.3 Å². The second kappa shape index (κ2) is 8.95. The Morgan fingerprint density at radius 1 is 1.17 bits per heavy atom. The van der Waals surface area contributed by atoms with Gasteiger partial charge >= 0.3 is 0 Å². The zero-order chi connectivity index (χ0) is 20.9. The Hall–Kier alpha value is -3.40. The number of aromatic nitrogens is 1. The molecule has 0 spiro atoms. The molecule has 1 aromatic heterocycles. The van der Waals surface area contributed by atoms with Gasteiger partial charge < -0.3 is 10.2 Å². The van der Waals surface area contributed by atoms with Crippen molar-refractivity contribution in [3.8, 4) is 0 Å². The number of pyridine rings is 1. The summed E-state index contributed by atoms with van der Waals surface area (Å²) in [6, 6.07) is 19.0. The maximum absolute atomic E-state index is 12.4. The molecule has 152 valence electrons. The highest BCUT2D eigenvalue weighted by atomic mass is 16.1. The van der Waals surface area contributed by atoms with Crippen LogP contribution >= 0.6 is 0 Å². The second-order valence-electron chi connectivity index (χ2n) is 7.80. The average Bonchev–Trinajstić information content (AvgIpc) is 2.78. The Morgan fingerprint density at radius 3 is 2.80 bits per heavy atom. The molecule has 0 saturated carbocycles. The number of nitrogens with zero attached hydrogens (tertiary/aromatic N) is 2. The van der Waals surface area contributed by atoms with Crippen LogP contribution in [0, 0.1) is 6.92 Å². The molecule has 0 bridgehead atoms. The number of carbonyl (C=O) groups is 1. The number of fused-ring (bicyclic) bond motifs is 1. The second-order valence-corrected chi connectivity index (χ2v) is 7.80. The minimum absolute atomic E-state index is 0.121. The minimum atomic E-state index is -0.121. The van der Waals surface area contributed by atoms with Crippen LogP contribution in [0.25, 0.3) is 0 Å². The van der Waals surface area contributed by atoms with Gasteiger partial charge in [0.2, 0.25) is 0 Å². The molecule has 1 aliphatic heterocycles. The van der Waals surface area contributed by atoms with Crippen molar-refractivity contribution in [2.75, 3.05) is 11.4 Å². The highest BCUT2D eigenvalue weighted by molar-refractivity contribution is 5.96. The van der Waals surface area contributed by atoms with Crippen molar-refractivity contribution in [2.45, 2.75) is 32.6 Å². The van der Waals surface area contributed by atoms with E-state index in [0.29, 0.717) is 5.56 Å². The van der Waals surface area contributed by atoms with Gasteiger partial charge in [0.1, 0.15) is 0 Å². The zero-order valence-corrected chi connectivity index (χ0v) is 17.4. The first-order valence-corrected chi connectivity index (χ1v) is 10.5. The molecule has 2 heterocycles. The Labute approximate surface area is 178 Å². The van der Waals surface area contributed by atoms with Crippen LogP contribution < -0.4 is 10.2 Å². The standard InChI is InChI=1S/C26H27N3O/c1-19-18-27-15-14-24(19)26(30)28-20(2)10-11-21-12-13-25-22(17-21)7-6-16-29(25)23-8-4-3-5-9-23/h3-5,8-9,12-15,17-18H,2,6-7,10-11,16H2,1H3,(H,28,30). The lowest BCUT2D eigenvalue weighted by molar-refractivity contribution is 0.0964. The van der Waals surface area contributed by atoms with Crippen molar-refractivity contribution < 1.29 is 4.79 Å². The molecule has 4 heteroatoms. The van der Waals surface area contributed by atoms with Gasteiger partial charge in [0.25, 0.3) is 5.91 Å². The van der Waals surface area contributed by atoms with Gasteiger partial charge in [-0.2, -0.15) is 0 Å². The van der Waals surface area contributed by atoms with Crippen LogP contribution in [0.4, 0.5) is 11.4 Å². The SMILES string of the molecule is C=C(CCc1ccc2c(c1)CCCN2c1ccccc1)NC(=O)c1ccncc1C. The lowest BCUT2D eigenvalue weighted by atomic mass is 9.96. The molecule has 1 amide bonds. The van der Waals surface area contributed by atoms with Crippen LogP contribution in [0.5, 0.6) is 0 Å². The third kappa shape index (κ3) is 4.43. The normalized spacial score (nSPS) is 12.9. The van der Waals surface area contributed by atoms with Crippen LogP contribution in [-0.2, 0) is 12.8 Å². The molecule has 1 aliphatic rings. The van der Waals surface area contributed by atoms with E-state index in [9.17, 15) is 4.79 Å². The van der Waals surface area contributed by atoms with Crippen LogP contribution in [0.15, 0.2) is 79.3 Å². The number of para-hydroxylation sites is 1. The molecule has 0 saturated heterocycles. The van der Waals surface area contributed by atoms with Crippen LogP contribution in [0.1, 0.15) is 39.9 Å². The monoisotopic (exact) mass is 397 g/mol. The smallest absolute Gasteiger partial charge is 0.255 e. The van der Waals surface area contributed by atoms with Gasteiger partial charge in [-0.05, 0) is 73.6 Å². The van der Waals surface area contributed by atoms with Crippen molar-refractivity contribution in [1.82, 2.24) is 10.3 Å². The lowest BCUT2D eigenvalue weighted by Crippen LogP contribution is -2.24. The molecule has 0 radical (unpaired) electrons. The molecule has 0 atom stereocenters. The molecule has 0 fully saturated rings. The number of allylic oxidation sites excluding steroid dienone is 1. The third-order valence-corrected chi connectivity index (χ3v) is 5.60. The lowest BCUT2D eigenvalue weighted by Gasteiger charge is -2.31. The number of anilines is 2. The molecule has 2 aromatic carbocycles. The van der Waals surface area contributed by atoms with Gasteiger partial charge in [-0.1, -0.05) is 36.9 Å². The van der Waals surface area contributed by atoms with E-state index in [1.165, 1.54) is 22.5 Å². The fraction of sp³-hybridized carbons (Fsp3) is 0.231. The van der Waals surface area contributed by atoms with Gasteiger partial charge in [0.15, 0.2) is 0 Å². The summed E-state index contributed by atoms with van der Waals surface area (Å²) in [5.74, 6) is -0.121. The third-order valence-electron chi connectivity index (χ3n) is 5.60. The summed E-state index contributed by atoms with van der Waals surface area (Å²) < 4.78 is 0. The van der Waals surface area contributed by atoms with Crippen molar-refractivity contribution in [3.05, 3.63) is 102 Å². The van der Waals surface area contributed by atoms with Crippen molar-refractivity contribution in [1.29, 1.82) is 0 Å². The van der Waals surface area contributed by atoms with Gasteiger partial charge in [-0.25, -0.2) is 0 Å². The molecular weight excluding hydrogens is 370 g/mol. The number of hydrogen-bond acceptors (Lipinski definition) is 3. The maximum atomic E-state index is 12.4. The highest BCUT2D eigenvalue weighted by Crippen LogP contribution is 2.34. The molecule has 0 unspecified atom stereocenters. The predicted molar refractivity (Wildman–Crippen MR) is 122 cm³/mol. The molecule has 4 rings (SSSR count). The van der Waals surface area contributed by atoms with Crippen LogP contribution in [0.2, 0.25) is 0 Å². The summed E-state index contributed by atoms with van der Waals surface area (Å²) in [5, 5.41) is 2.93. The van der Waals surface area contributed by atoms with Crippen LogP contribution in [0.3, 0.4) is 0 Å². The van der Waals surface area contributed by atoms with E-state index in [1.807, 2.05) is 6.92 Å². The summed E-state index contributed by atoms with van der Waals surface area (Å²) in [4.78, 5) is 18.9. The summed E-state index contributed by atoms with van der Waals surface area (Å²) in [6.07, 6.45) is 7.16. The van der Waals surface area contributed by atoms with E-state index in [0.717, 1.165) is 43.5 Å². The Morgan fingerprint density at radius 2 is 2.00 bits per heavy atom. The highest BCUT2D eigenvalue weighted by Gasteiger charge is 2.18. The number of aryl methyl sites for hydroxylation is 3. The number of amides is 1. The van der Waals surface area contributed by atoms with Crippen molar-refractivity contribution >= 4 is 17.3 Å². The molecule has 30 heavy (non-hydrogen) atoms. The summed E-state index contributed by atoms with van der Waals surface area (Å²) in [6.45, 7) is 6.98. The fourth-order valence-corrected chi connectivity index (χ4v) is 4.00. The molecule has 1 N–H and O–H groups in total. The van der Waals surface area contributed by atoms with E-state index in [4.69, 9.17) is 0 Å². The first-order chi connectivity index (χ1) is 14.6. The number of rotatable bonds is 6. The summed E-state index contributed by atoms with van der Waals surface area (Å²) in [7, 11) is 0. The number of hydrogen-bond donors (Lipinski definition) is 1.